The molecule has 1 aromatic rings. The van der Waals surface area contributed by atoms with Gasteiger partial charge in [-0.1, -0.05) is 17.7 Å². The lowest BCUT2D eigenvalue weighted by Gasteiger charge is -2.27. The van der Waals surface area contributed by atoms with Crippen molar-refractivity contribution < 1.29 is 9.53 Å². The summed E-state index contributed by atoms with van der Waals surface area (Å²) in [7, 11) is 0. The molecule has 1 aliphatic rings. The monoisotopic (exact) mass is 225 g/mol. The lowest BCUT2D eigenvalue weighted by atomic mass is 10.2. The number of halogens is 1. The summed E-state index contributed by atoms with van der Waals surface area (Å²) < 4.78 is 5.06. The van der Waals surface area contributed by atoms with Crippen molar-refractivity contribution in [1.82, 2.24) is 0 Å². The van der Waals surface area contributed by atoms with E-state index >= 15 is 0 Å². The topological polar surface area (TPSA) is 29.5 Å². The standard InChI is InChI=1S/C11H12ClNO2/c1-8-2-3-10(9(12)6-8)13-4-5-15-7-11(13)14/h2-3,6H,4-5,7H2,1H3. The Kier molecular flexibility index (Phi) is 2.93. The minimum Gasteiger partial charge on any atom is -0.370 e. The molecule has 0 unspecified atom stereocenters. The van der Waals surface area contributed by atoms with Gasteiger partial charge in [-0.2, -0.15) is 0 Å². The molecule has 0 saturated carbocycles. The van der Waals surface area contributed by atoms with Crippen LogP contribution in [0.1, 0.15) is 5.56 Å². The van der Waals surface area contributed by atoms with Crippen LogP contribution in [0, 0.1) is 6.92 Å². The average molecular weight is 226 g/mol. The van der Waals surface area contributed by atoms with E-state index in [1.165, 1.54) is 0 Å². The fourth-order valence-electron chi connectivity index (χ4n) is 1.60. The van der Waals surface area contributed by atoms with Crippen molar-refractivity contribution in [1.29, 1.82) is 0 Å². The lowest BCUT2D eigenvalue weighted by molar-refractivity contribution is -0.125. The van der Waals surface area contributed by atoms with Crippen molar-refractivity contribution in [3.05, 3.63) is 28.8 Å². The third kappa shape index (κ3) is 2.13. The summed E-state index contributed by atoms with van der Waals surface area (Å²) in [5.41, 5.74) is 1.86. The highest BCUT2D eigenvalue weighted by atomic mass is 35.5. The largest absolute Gasteiger partial charge is 0.370 e. The molecule has 1 heterocycles. The SMILES string of the molecule is Cc1ccc(N2CCOCC2=O)c(Cl)c1. The Labute approximate surface area is 93.6 Å². The van der Waals surface area contributed by atoms with Crippen molar-refractivity contribution in [2.24, 2.45) is 0 Å². The Hall–Kier alpha value is -1.06. The van der Waals surface area contributed by atoms with Gasteiger partial charge in [-0.15, -0.1) is 0 Å². The Morgan fingerprint density at radius 1 is 1.47 bits per heavy atom. The highest BCUT2D eigenvalue weighted by molar-refractivity contribution is 6.33. The zero-order valence-corrected chi connectivity index (χ0v) is 9.25. The van der Waals surface area contributed by atoms with E-state index in [0.29, 0.717) is 18.2 Å². The highest BCUT2D eigenvalue weighted by Crippen LogP contribution is 2.27. The van der Waals surface area contributed by atoms with Crippen molar-refractivity contribution in [3.8, 4) is 0 Å². The Bertz CT molecular complexity index is 392. The van der Waals surface area contributed by atoms with Crippen LogP contribution in [0.5, 0.6) is 0 Å². The van der Waals surface area contributed by atoms with Gasteiger partial charge in [0.15, 0.2) is 0 Å². The maximum Gasteiger partial charge on any atom is 0.253 e. The van der Waals surface area contributed by atoms with Crippen LogP contribution >= 0.6 is 11.6 Å². The Morgan fingerprint density at radius 3 is 2.93 bits per heavy atom. The number of morpholine rings is 1. The van der Waals surface area contributed by atoms with E-state index in [1.807, 2.05) is 25.1 Å². The first-order chi connectivity index (χ1) is 7.18. The number of aryl methyl sites for hydroxylation is 1. The number of benzene rings is 1. The van der Waals surface area contributed by atoms with Crippen LogP contribution in [-0.2, 0) is 9.53 Å². The molecular weight excluding hydrogens is 214 g/mol. The molecule has 4 heteroatoms. The van der Waals surface area contributed by atoms with Crippen LogP contribution in [-0.4, -0.2) is 25.7 Å². The van der Waals surface area contributed by atoms with E-state index in [0.717, 1.165) is 11.3 Å². The summed E-state index contributed by atoms with van der Waals surface area (Å²) in [6.07, 6.45) is 0. The van der Waals surface area contributed by atoms with E-state index in [1.54, 1.807) is 4.90 Å². The van der Waals surface area contributed by atoms with Gasteiger partial charge in [0, 0.05) is 6.54 Å². The quantitative estimate of drug-likeness (QED) is 0.732. The third-order valence-corrected chi connectivity index (χ3v) is 2.68. The summed E-state index contributed by atoms with van der Waals surface area (Å²) >= 11 is 6.09. The first-order valence-electron chi connectivity index (χ1n) is 4.83. The molecule has 0 N–H and O–H groups in total. The summed E-state index contributed by atoms with van der Waals surface area (Å²) in [5.74, 6) is -0.0352. The molecular formula is C11H12ClNO2. The number of hydrogen-bond donors (Lipinski definition) is 0. The molecule has 3 nitrogen and oxygen atoms in total. The third-order valence-electron chi connectivity index (χ3n) is 2.38. The molecule has 15 heavy (non-hydrogen) atoms. The minimum atomic E-state index is -0.0352. The smallest absolute Gasteiger partial charge is 0.253 e. The zero-order chi connectivity index (χ0) is 10.8. The summed E-state index contributed by atoms with van der Waals surface area (Å²) in [5, 5.41) is 0.616. The summed E-state index contributed by atoms with van der Waals surface area (Å²) in [6, 6.07) is 5.68. The van der Waals surface area contributed by atoms with Crippen molar-refractivity contribution >= 4 is 23.2 Å². The number of amides is 1. The van der Waals surface area contributed by atoms with Crippen LogP contribution in [0.2, 0.25) is 5.02 Å². The zero-order valence-electron chi connectivity index (χ0n) is 8.50. The van der Waals surface area contributed by atoms with Gasteiger partial charge in [0.1, 0.15) is 6.61 Å². The maximum atomic E-state index is 11.6. The molecule has 0 aliphatic carbocycles. The number of carbonyl (C=O) groups excluding carboxylic acids is 1. The summed E-state index contributed by atoms with van der Waals surface area (Å²) in [4.78, 5) is 13.2. The average Bonchev–Trinajstić information content (AvgIpc) is 2.20. The molecule has 0 radical (unpaired) electrons. The van der Waals surface area contributed by atoms with Crippen molar-refractivity contribution in [2.75, 3.05) is 24.7 Å². The second-order valence-electron chi connectivity index (χ2n) is 3.55. The molecule has 0 bridgehead atoms. The van der Waals surface area contributed by atoms with Crippen LogP contribution in [0.3, 0.4) is 0 Å². The molecule has 1 amide bonds. The van der Waals surface area contributed by atoms with Crippen LogP contribution < -0.4 is 4.90 Å². The first kappa shape index (κ1) is 10.5. The van der Waals surface area contributed by atoms with Crippen LogP contribution in [0.25, 0.3) is 0 Å². The normalized spacial score (nSPS) is 16.9. The van der Waals surface area contributed by atoms with Gasteiger partial charge in [0.2, 0.25) is 0 Å². The van der Waals surface area contributed by atoms with Gasteiger partial charge in [-0.05, 0) is 24.6 Å². The highest BCUT2D eigenvalue weighted by Gasteiger charge is 2.21. The van der Waals surface area contributed by atoms with Gasteiger partial charge in [-0.25, -0.2) is 0 Å². The van der Waals surface area contributed by atoms with Gasteiger partial charge in [0.25, 0.3) is 5.91 Å². The molecule has 1 aliphatic heterocycles. The summed E-state index contributed by atoms with van der Waals surface area (Å²) in [6.45, 7) is 3.25. The Morgan fingerprint density at radius 2 is 2.27 bits per heavy atom. The molecule has 1 aromatic carbocycles. The maximum absolute atomic E-state index is 11.6. The van der Waals surface area contributed by atoms with E-state index in [9.17, 15) is 4.79 Å². The van der Waals surface area contributed by atoms with Crippen molar-refractivity contribution in [3.63, 3.8) is 0 Å². The van der Waals surface area contributed by atoms with Crippen LogP contribution in [0.15, 0.2) is 18.2 Å². The predicted molar refractivity (Wildman–Crippen MR) is 59.4 cm³/mol. The fourth-order valence-corrected chi connectivity index (χ4v) is 1.94. The number of rotatable bonds is 1. The van der Waals surface area contributed by atoms with E-state index in [-0.39, 0.29) is 12.5 Å². The number of anilines is 1. The minimum absolute atomic E-state index is 0.0352. The second kappa shape index (κ2) is 4.21. The van der Waals surface area contributed by atoms with Gasteiger partial charge < -0.3 is 9.64 Å². The van der Waals surface area contributed by atoms with Gasteiger partial charge >= 0.3 is 0 Å². The number of hydrogen-bond acceptors (Lipinski definition) is 2. The second-order valence-corrected chi connectivity index (χ2v) is 3.96. The molecule has 0 atom stereocenters. The predicted octanol–water partition coefficient (Wildman–Crippen LogP) is 2.01. The number of carbonyl (C=O) groups is 1. The van der Waals surface area contributed by atoms with Crippen molar-refractivity contribution in [2.45, 2.75) is 6.92 Å². The number of nitrogens with zero attached hydrogens (tertiary/aromatic N) is 1. The fraction of sp³-hybridized carbons (Fsp3) is 0.364. The van der Waals surface area contributed by atoms with Gasteiger partial charge in [-0.3, -0.25) is 4.79 Å². The van der Waals surface area contributed by atoms with E-state index in [4.69, 9.17) is 16.3 Å². The first-order valence-corrected chi connectivity index (χ1v) is 5.20. The molecule has 2 rings (SSSR count). The lowest BCUT2D eigenvalue weighted by Crippen LogP contribution is -2.41. The molecule has 0 aromatic heterocycles. The van der Waals surface area contributed by atoms with Crippen LogP contribution in [0.4, 0.5) is 5.69 Å². The number of ether oxygens (including phenoxy) is 1. The Balaban J connectivity index is 2.31. The molecule has 1 fully saturated rings. The van der Waals surface area contributed by atoms with Gasteiger partial charge in [0.05, 0.1) is 17.3 Å². The van der Waals surface area contributed by atoms with E-state index in [2.05, 4.69) is 0 Å². The molecule has 0 spiro atoms. The van der Waals surface area contributed by atoms with E-state index < -0.39 is 0 Å². The molecule has 80 valence electrons. The molecule has 1 saturated heterocycles.